The summed E-state index contributed by atoms with van der Waals surface area (Å²) in [4.78, 5) is 15.6. The number of piperidine rings is 1. The zero-order valence-electron chi connectivity index (χ0n) is 15.6. The Morgan fingerprint density at radius 2 is 2.12 bits per heavy atom. The van der Waals surface area contributed by atoms with Crippen molar-refractivity contribution >= 4 is 5.91 Å². The van der Waals surface area contributed by atoms with E-state index in [0.717, 1.165) is 57.0 Å². The number of hydrogen-bond donors (Lipinski definition) is 0. The predicted molar refractivity (Wildman–Crippen MR) is 94.3 cm³/mol. The maximum atomic E-state index is 11.5. The van der Waals surface area contributed by atoms with Crippen molar-refractivity contribution in [3.63, 3.8) is 0 Å². The number of likely N-dealkylation sites (N-methyl/N-ethyl adjacent to an activating group) is 1. The number of amides is 1. The Balaban J connectivity index is 1.39. The molecular formula is C19H30N2O4. The van der Waals surface area contributed by atoms with E-state index >= 15 is 0 Å². The largest absolute Gasteiger partial charge is 0.465 e. The van der Waals surface area contributed by atoms with Gasteiger partial charge in [-0.1, -0.05) is 0 Å². The third kappa shape index (κ3) is 4.84. The van der Waals surface area contributed by atoms with Gasteiger partial charge >= 0.3 is 0 Å². The smallest absolute Gasteiger partial charge is 0.248 e. The maximum Gasteiger partial charge on any atom is 0.248 e. The lowest BCUT2D eigenvalue weighted by molar-refractivity contribution is -0.134. The van der Waals surface area contributed by atoms with Gasteiger partial charge in [-0.25, -0.2) is 0 Å². The molecule has 0 unspecified atom stereocenters. The number of ether oxygens (including phenoxy) is 2. The minimum absolute atomic E-state index is 0.00539. The predicted octanol–water partition coefficient (Wildman–Crippen LogP) is 2.06. The summed E-state index contributed by atoms with van der Waals surface area (Å²) in [5, 5.41) is 0. The van der Waals surface area contributed by atoms with Crippen LogP contribution in [0.5, 0.6) is 0 Å². The van der Waals surface area contributed by atoms with Crippen molar-refractivity contribution in [1.82, 2.24) is 9.80 Å². The van der Waals surface area contributed by atoms with E-state index < -0.39 is 0 Å². The molecule has 1 atom stereocenters. The number of aryl methyl sites for hydroxylation is 1. The molecule has 0 aromatic carbocycles. The van der Waals surface area contributed by atoms with Crippen molar-refractivity contribution in [2.75, 3.05) is 47.0 Å². The SMILES string of the molecule is Cc1ccc(CN2CCC3(CC2)CO[C@H](COCC(=O)N(C)C)C3)o1. The van der Waals surface area contributed by atoms with Gasteiger partial charge in [0, 0.05) is 14.1 Å². The standard InChI is InChI=1S/C19H30N2O4/c1-15-4-5-16(25-15)11-21-8-6-19(7-9-21)10-17(24-14-19)12-23-13-18(22)20(2)3/h4-5,17H,6-14H2,1-3H3/t17-/m0/s1. The molecular weight excluding hydrogens is 320 g/mol. The average Bonchev–Trinajstić information content (AvgIpc) is 3.16. The summed E-state index contributed by atoms with van der Waals surface area (Å²) in [6.07, 6.45) is 3.46. The molecule has 3 rings (SSSR count). The van der Waals surface area contributed by atoms with Gasteiger partial charge in [-0.2, -0.15) is 0 Å². The van der Waals surface area contributed by atoms with Crippen molar-refractivity contribution in [1.29, 1.82) is 0 Å². The second-order valence-electron chi connectivity index (χ2n) is 7.73. The number of likely N-dealkylation sites (tertiary alicyclic amines) is 1. The first-order valence-electron chi connectivity index (χ1n) is 9.13. The molecule has 1 aromatic rings. The molecule has 2 saturated heterocycles. The molecule has 0 N–H and O–H groups in total. The highest BCUT2D eigenvalue weighted by molar-refractivity contribution is 5.76. The highest BCUT2D eigenvalue weighted by Gasteiger charge is 2.42. The summed E-state index contributed by atoms with van der Waals surface area (Å²) >= 11 is 0. The van der Waals surface area contributed by atoms with Crippen molar-refractivity contribution in [3.05, 3.63) is 23.7 Å². The van der Waals surface area contributed by atoms with Crippen LogP contribution in [0.2, 0.25) is 0 Å². The molecule has 2 aliphatic rings. The van der Waals surface area contributed by atoms with E-state index in [1.54, 1.807) is 19.0 Å². The first-order valence-corrected chi connectivity index (χ1v) is 9.13. The molecule has 0 saturated carbocycles. The lowest BCUT2D eigenvalue weighted by atomic mass is 9.76. The Bertz CT molecular complexity index is 576. The Hall–Kier alpha value is -1.37. The topological polar surface area (TPSA) is 55.2 Å². The van der Waals surface area contributed by atoms with Crippen LogP contribution in [0.3, 0.4) is 0 Å². The van der Waals surface area contributed by atoms with E-state index in [-0.39, 0.29) is 24.0 Å². The Morgan fingerprint density at radius 1 is 1.36 bits per heavy atom. The Kier molecular flexibility index (Phi) is 5.81. The van der Waals surface area contributed by atoms with Crippen molar-refractivity contribution < 1.29 is 18.7 Å². The summed E-state index contributed by atoms with van der Waals surface area (Å²) in [6, 6.07) is 4.10. The number of nitrogens with zero attached hydrogens (tertiary/aromatic N) is 2. The molecule has 6 nitrogen and oxygen atoms in total. The number of carbonyl (C=O) groups excluding carboxylic acids is 1. The number of furan rings is 1. The fraction of sp³-hybridized carbons (Fsp3) is 0.737. The van der Waals surface area contributed by atoms with Gasteiger partial charge in [0.1, 0.15) is 18.1 Å². The fourth-order valence-electron chi connectivity index (χ4n) is 3.73. The molecule has 0 radical (unpaired) electrons. The third-order valence-corrected chi connectivity index (χ3v) is 5.41. The number of hydrogen-bond acceptors (Lipinski definition) is 5. The van der Waals surface area contributed by atoms with Gasteiger partial charge < -0.3 is 18.8 Å². The molecule has 0 aliphatic carbocycles. The highest BCUT2D eigenvalue weighted by Crippen LogP contribution is 2.42. The second kappa shape index (κ2) is 7.89. The van der Waals surface area contributed by atoms with Gasteiger partial charge in [0.05, 0.1) is 25.9 Å². The van der Waals surface area contributed by atoms with Gasteiger partial charge in [-0.05, 0) is 56.8 Å². The number of carbonyl (C=O) groups is 1. The molecule has 2 fully saturated rings. The van der Waals surface area contributed by atoms with E-state index in [2.05, 4.69) is 11.0 Å². The van der Waals surface area contributed by atoms with Crippen molar-refractivity contribution in [3.8, 4) is 0 Å². The van der Waals surface area contributed by atoms with E-state index in [1.807, 2.05) is 13.0 Å². The van der Waals surface area contributed by atoms with Crippen LogP contribution in [0.1, 0.15) is 30.8 Å². The van der Waals surface area contributed by atoms with Crippen LogP contribution in [0.4, 0.5) is 0 Å². The quantitative estimate of drug-likeness (QED) is 0.786. The molecule has 25 heavy (non-hydrogen) atoms. The van der Waals surface area contributed by atoms with E-state index in [1.165, 1.54) is 0 Å². The molecule has 0 bridgehead atoms. The normalized spacial score (nSPS) is 23.2. The Morgan fingerprint density at radius 3 is 2.76 bits per heavy atom. The molecule has 6 heteroatoms. The average molecular weight is 350 g/mol. The lowest BCUT2D eigenvalue weighted by Crippen LogP contribution is -2.40. The second-order valence-corrected chi connectivity index (χ2v) is 7.73. The molecule has 140 valence electrons. The van der Waals surface area contributed by atoms with Gasteiger partial charge in [0.2, 0.25) is 5.91 Å². The minimum atomic E-state index is -0.00539. The van der Waals surface area contributed by atoms with Gasteiger partial charge in [-0.15, -0.1) is 0 Å². The van der Waals surface area contributed by atoms with Crippen LogP contribution in [-0.2, 0) is 20.8 Å². The van der Waals surface area contributed by atoms with Crippen LogP contribution in [0.15, 0.2) is 16.5 Å². The van der Waals surface area contributed by atoms with Gasteiger partial charge in [0.25, 0.3) is 0 Å². The molecule has 1 aromatic heterocycles. The van der Waals surface area contributed by atoms with Gasteiger partial charge in [-0.3, -0.25) is 9.69 Å². The van der Waals surface area contributed by atoms with Gasteiger partial charge in [0.15, 0.2) is 0 Å². The summed E-state index contributed by atoms with van der Waals surface area (Å²) in [7, 11) is 3.48. The molecule has 2 aliphatic heterocycles. The Labute approximate surface area is 150 Å². The molecule has 3 heterocycles. The summed E-state index contributed by atoms with van der Waals surface area (Å²) < 4.78 is 17.2. The van der Waals surface area contributed by atoms with Crippen LogP contribution < -0.4 is 0 Å². The zero-order valence-corrected chi connectivity index (χ0v) is 15.6. The molecule has 1 amide bonds. The first-order chi connectivity index (χ1) is 12.0. The van der Waals surface area contributed by atoms with E-state index in [4.69, 9.17) is 13.9 Å². The summed E-state index contributed by atoms with van der Waals surface area (Å²) in [5.74, 6) is 2.02. The highest BCUT2D eigenvalue weighted by atomic mass is 16.5. The summed E-state index contributed by atoms with van der Waals surface area (Å²) in [5.41, 5.74) is 0.287. The first kappa shape index (κ1) is 18.4. The molecule has 1 spiro atoms. The lowest BCUT2D eigenvalue weighted by Gasteiger charge is -2.38. The van der Waals surface area contributed by atoms with E-state index in [9.17, 15) is 4.79 Å². The number of rotatable bonds is 6. The third-order valence-electron chi connectivity index (χ3n) is 5.41. The van der Waals surface area contributed by atoms with E-state index in [0.29, 0.717) is 6.61 Å². The fourth-order valence-corrected chi connectivity index (χ4v) is 3.73. The van der Waals surface area contributed by atoms with Crippen molar-refractivity contribution in [2.45, 2.75) is 38.8 Å². The zero-order chi connectivity index (χ0) is 17.9. The van der Waals surface area contributed by atoms with Crippen LogP contribution in [-0.4, -0.2) is 68.8 Å². The minimum Gasteiger partial charge on any atom is -0.465 e. The maximum absolute atomic E-state index is 11.5. The van der Waals surface area contributed by atoms with Crippen LogP contribution >= 0.6 is 0 Å². The van der Waals surface area contributed by atoms with Crippen molar-refractivity contribution in [2.24, 2.45) is 5.41 Å². The van der Waals surface area contributed by atoms with Crippen LogP contribution in [0.25, 0.3) is 0 Å². The monoisotopic (exact) mass is 350 g/mol. The van der Waals surface area contributed by atoms with Crippen LogP contribution in [0, 0.1) is 12.3 Å². The summed E-state index contributed by atoms with van der Waals surface area (Å²) in [6.45, 7) is 6.50.